The summed E-state index contributed by atoms with van der Waals surface area (Å²) in [7, 11) is 4.10. The van der Waals surface area contributed by atoms with Crippen LogP contribution in [-0.4, -0.2) is 74.6 Å². The molecule has 0 radical (unpaired) electrons. The quantitative estimate of drug-likeness (QED) is 0.537. The molecule has 0 amide bonds. The molecule has 1 aromatic carbocycles. The van der Waals surface area contributed by atoms with E-state index < -0.39 is 6.16 Å². The number of nitrogens with one attached hydrogen (secondary N) is 1. The van der Waals surface area contributed by atoms with Gasteiger partial charge in [0.05, 0.1) is 0 Å². The number of H-pyrrole nitrogens is 1. The number of ether oxygens (including phenoxy) is 3. The Hall–Kier alpha value is -2.25. The van der Waals surface area contributed by atoms with Crippen molar-refractivity contribution in [3.8, 4) is 5.75 Å². The fourth-order valence-corrected chi connectivity index (χ4v) is 3.33. The zero-order valence-electron chi connectivity index (χ0n) is 16.2. The zero-order valence-corrected chi connectivity index (χ0v) is 16.2. The molecule has 0 aliphatic carbocycles. The monoisotopic (exact) mass is 375 g/mol. The summed E-state index contributed by atoms with van der Waals surface area (Å²) in [6.45, 7) is 4.05. The maximum absolute atomic E-state index is 11.7. The Bertz CT molecular complexity index is 738. The van der Waals surface area contributed by atoms with Gasteiger partial charge in [-0.15, -0.1) is 0 Å². The van der Waals surface area contributed by atoms with Gasteiger partial charge in [0.2, 0.25) is 6.79 Å². The number of likely N-dealkylation sites (tertiary alicyclic amines) is 1. The molecule has 0 spiro atoms. The molecule has 0 saturated carbocycles. The summed E-state index contributed by atoms with van der Waals surface area (Å²) in [4.78, 5) is 19.4. The molecule has 1 aliphatic rings. The smallest absolute Gasteiger partial charge is 0.457 e. The highest BCUT2D eigenvalue weighted by Gasteiger charge is 2.13. The van der Waals surface area contributed by atoms with Crippen molar-refractivity contribution in [3.05, 3.63) is 30.0 Å². The predicted molar refractivity (Wildman–Crippen MR) is 104 cm³/mol. The zero-order chi connectivity index (χ0) is 19.1. The number of nitrogens with zero attached hydrogens (tertiary/aromatic N) is 2. The lowest BCUT2D eigenvalue weighted by atomic mass is 10.1. The number of hydrogen-bond acceptors (Lipinski definition) is 6. The van der Waals surface area contributed by atoms with Crippen LogP contribution in [0.1, 0.15) is 18.4 Å². The van der Waals surface area contributed by atoms with Gasteiger partial charge < -0.3 is 24.1 Å². The Labute approximate surface area is 160 Å². The summed E-state index contributed by atoms with van der Waals surface area (Å²) in [5, 5.41) is 1.03. The lowest BCUT2D eigenvalue weighted by Crippen LogP contribution is -2.25. The van der Waals surface area contributed by atoms with E-state index in [0.717, 1.165) is 43.5 Å². The molecule has 1 N–H and O–H groups in total. The van der Waals surface area contributed by atoms with Crippen molar-refractivity contribution in [3.63, 3.8) is 0 Å². The topological polar surface area (TPSA) is 67.0 Å². The lowest BCUT2D eigenvalue weighted by molar-refractivity contribution is 0.00256. The first-order valence-electron chi connectivity index (χ1n) is 9.52. The van der Waals surface area contributed by atoms with Crippen LogP contribution in [0.5, 0.6) is 5.75 Å². The highest BCUT2D eigenvalue weighted by molar-refractivity contribution is 5.89. The van der Waals surface area contributed by atoms with E-state index in [0.29, 0.717) is 12.4 Å². The Morgan fingerprint density at radius 3 is 2.81 bits per heavy atom. The average Bonchev–Trinajstić information content (AvgIpc) is 3.30. The van der Waals surface area contributed by atoms with E-state index in [1.54, 1.807) is 0 Å². The van der Waals surface area contributed by atoms with Gasteiger partial charge in [-0.3, -0.25) is 4.90 Å². The van der Waals surface area contributed by atoms with Crippen molar-refractivity contribution >= 4 is 17.1 Å². The lowest BCUT2D eigenvalue weighted by Gasteiger charge is -2.14. The third-order valence-electron chi connectivity index (χ3n) is 4.79. The number of carbonyl (C=O) groups is 1. The molecule has 3 rings (SSSR count). The first-order chi connectivity index (χ1) is 13.1. The largest absolute Gasteiger partial charge is 0.511 e. The second-order valence-corrected chi connectivity index (χ2v) is 7.10. The van der Waals surface area contributed by atoms with Crippen LogP contribution in [0.3, 0.4) is 0 Å². The molecule has 1 fully saturated rings. The van der Waals surface area contributed by atoms with Crippen molar-refractivity contribution < 1.29 is 19.0 Å². The molecule has 148 valence electrons. The van der Waals surface area contributed by atoms with Crippen LogP contribution < -0.4 is 4.74 Å². The van der Waals surface area contributed by atoms with E-state index in [-0.39, 0.29) is 6.79 Å². The Balaban J connectivity index is 1.47. The number of rotatable bonds is 9. The number of likely N-dealkylation sites (N-methyl/N-ethyl adjacent to an activating group) is 1. The van der Waals surface area contributed by atoms with Crippen molar-refractivity contribution in [2.45, 2.75) is 19.3 Å². The summed E-state index contributed by atoms with van der Waals surface area (Å²) in [6.07, 6.45) is 4.67. The maximum atomic E-state index is 11.7. The molecule has 7 heteroatoms. The van der Waals surface area contributed by atoms with Crippen LogP contribution in [-0.2, 0) is 15.9 Å². The van der Waals surface area contributed by atoms with Crippen molar-refractivity contribution in [1.82, 2.24) is 14.8 Å². The fraction of sp³-hybridized carbons (Fsp3) is 0.550. The molecule has 1 saturated heterocycles. The standard InChI is InChI=1S/C20H29N3O4/c1-22(2)11-8-16-14-21-17-6-5-7-18(19(16)17)26-15-27-20(24)25-13-12-23-9-3-4-10-23/h5-7,14,21H,3-4,8-13,15H2,1-2H3. The van der Waals surface area contributed by atoms with E-state index in [1.807, 2.05) is 24.4 Å². The van der Waals surface area contributed by atoms with Crippen molar-refractivity contribution in [2.24, 2.45) is 0 Å². The summed E-state index contributed by atoms with van der Waals surface area (Å²) in [5.41, 5.74) is 2.19. The second-order valence-electron chi connectivity index (χ2n) is 7.10. The minimum atomic E-state index is -0.691. The molecule has 7 nitrogen and oxygen atoms in total. The number of benzene rings is 1. The van der Waals surface area contributed by atoms with E-state index in [9.17, 15) is 4.79 Å². The van der Waals surface area contributed by atoms with Gasteiger partial charge in [-0.25, -0.2) is 4.79 Å². The average molecular weight is 375 g/mol. The number of aromatic amines is 1. The summed E-state index contributed by atoms with van der Waals surface area (Å²) >= 11 is 0. The fourth-order valence-electron chi connectivity index (χ4n) is 3.33. The number of hydrogen-bond donors (Lipinski definition) is 1. The van der Waals surface area contributed by atoms with Crippen LogP contribution in [0.15, 0.2) is 24.4 Å². The van der Waals surface area contributed by atoms with Crippen molar-refractivity contribution in [2.75, 3.05) is 53.7 Å². The Kier molecular flexibility index (Phi) is 6.95. The molecule has 2 heterocycles. The van der Waals surface area contributed by atoms with Gasteiger partial charge in [0.1, 0.15) is 12.4 Å². The molecular weight excluding hydrogens is 346 g/mol. The molecule has 1 aromatic heterocycles. The molecule has 2 aromatic rings. The highest BCUT2D eigenvalue weighted by atomic mass is 16.8. The van der Waals surface area contributed by atoms with Gasteiger partial charge in [-0.1, -0.05) is 6.07 Å². The third kappa shape index (κ3) is 5.61. The second kappa shape index (κ2) is 9.62. The van der Waals surface area contributed by atoms with Crippen LogP contribution in [0.25, 0.3) is 10.9 Å². The van der Waals surface area contributed by atoms with Crippen LogP contribution >= 0.6 is 0 Å². The summed E-state index contributed by atoms with van der Waals surface area (Å²) in [6, 6.07) is 5.81. The first kappa shape index (κ1) is 19.5. The van der Waals surface area contributed by atoms with E-state index >= 15 is 0 Å². The summed E-state index contributed by atoms with van der Waals surface area (Å²) < 4.78 is 15.9. The van der Waals surface area contributed by atoms with Gasteiger partial charge in [-0.05, 0) is 64.1 Å². The van der Waals surface area contributed by atoms with Crippen LogP contribution in [0.2, 0.25) is 0 Å². The molecule has 0 unspecified atom stereocenters. The number of aromatic nitrogens is 1. The maximum Gasteiger partial charge on any atom is 0.511 e. The van der Waals surface area contributed by atoms with Gasteiger partial charge >= 0.3 is 6.16 Å². The molecule has 1 aliphatic heterocycles. The SMILES string of the molecule is CN(C)CCc1c[nH]c2cccc(OCOC(=O)OCCN3CCCC3)c12. The van der Waals surface area contributed by atoms with Gasteiger partial charge in [0, 0.05) is 30.2 Å². The van der Waals surface area contributed by atoms with Crippen LogP contribution in [0, 0.1) is 0 Å². The van der Waals surface area contributed by atoms with Crippen LogP contribution in [0.4, 0.5) is 4.79 Å². The minimum Gasteiger partial charge on any atom is -0.457 e. The molecule has 27 heavy (non-hydrogen) atoms. The Morgan fingerprint density at radius 1 is 1.22 bits per heavy atom. The van der Waals surface area contributed by atoms with Gasteiger partial charge in [0.15, 0.2) is 0 Å². The van der Waals surface area contributed by atoms with E-state index in [4.69, 9.17) is 14.2 Å². The van der Waals surface area contributed by atoms with Gasteiger partial charge in [0.25, 0.3) is 0 Å². The van der Waals surface area contributed by atoms with Gasteiger partial charge in [-0.2, -0.15) is 0 Å². The number of carbonyl (C=O) groups excluding carboxylic acids is 1. The Morgan fingerprint density at radius 2 is 2.04 bits per heavy atom. The molecule has 0 atom stereocenters. The highest BCUT2D eigenvalue weighted by Crippen LogP contribution is 2.29. The minimum absolute atomic E-state index is 0.167. The number of fused-ring (bicyclic) bond motifs is 1. The van der Waals surface area contributed by atoms with Crippen molar-refractivity contribution in [1.29, 1.82) is 0 Å². The normalized spacial score (nSPS) is 14.8. The van der Waals surface area contributed by atoms with E-state index in [1.165, 1.54) is 18.4 Å². The molecule has 0 bridgehead atoms. The molecular formula is C20H29N3O4. The first-order valence-corrected chi connectivity index (χ1v) is 9.52. The van der Waals surface area contributed by atoms with E-state index in [2.05, 4.69) is 28.9 Å². The predicted octanol–water partition coefficient (Wildman–Crippen LogP) is 2.86. The third-order valence-corrected chi connectivity index (χ3v) is 4.79. The summed E-state index contributed by atoms with van der Waals surface area (Å²) in [5.74, 6) is 0.701.